The van der Waals surface area contributed by atoms with Crippen molar-refractivity contribution in [1.29, 1.82) is 0 Å². The Morgan fingerprint density at radius 3 is 2.61 bits per heavy atom. The Labute approximate surface area is 229 Å². The Balaban J connectivity index is 1.66. The first-order valence-electron chi connectivity index (χ1n) is 12.3. The molecule has 12 nitrogen and oxygen atoms in total. The van der Waals surface area contributed by atoms with Gasteiger partial charge in [0.1, 0.15) is 17.6 Å². The molecular weight excluding hydrogens is 561 g/mol. The van der Waals surface area contributed by atoms with Crippen LogP contribution in [0, 0.1) is 6.92 Å². The molecule has 17 heteroatoms. The van der Waals surface area contributed by atoms with E-state index < -0.39 is 61.4 Å². The van der Waals surface area contributed by atoms with Crippen LogP contribution in [0.15, 0.2) is 22.8 Å². The number of methoxy groups -OCH3 is 1. The lowest BCUT2D eigenvalue weighted by Gasteiger charge is -2.38. The monoisotopic (exact) mass is 589 g/mol. The van der Waals surface area contributed by atoms with Crippen LogP contribution in [0.4, 0.5) is 26.7 Å². The molecule has 0 unspecified atom stereocenters. The van der Waals surface area contributed by atoms with Gasteiger partial charge in [0, 0.05) is 7.11 Å². The van der Waals surface area contributed by atoms with E-state index in [0.717, 1.165) is 18.7 Å². The number of carbonyl (C=O) groups excluding carboxylic acids is 2. The van der Waals surface area contributed by atoms with Gasteiger partial charge in [0.2, 0.25) is 0 Å². The summed E-state index contributed by atoms with van der Waals surface area (Å²) >= 11 is 0. The number of imidazole rings is 1. The van der Waals surface area contributed by atoms with Gasteiger partial charge in [0.05, 0.1) is 43.4 Å². The van der Waals surface area contributed by atoms with Crippen LogP contribution in [0.5, 0.6) is 0 Å². The van der Waals surface area contributed by atoms with Gasteiger partial charge in [0.25, 0.3) is 11.8 Å². The van der Waals surface area contributed by atoms with Gasteiger partial charge in [-0.2, -0.15) is 13.2 Å². The van der Waals surface area contributed by atoms with Crippen LogP contribution in [0.1, 0.15) is 53.5 Å². The van der Waals surface area contributed by atoms with E-state index >= 15 is 0 Å². The minimum absolute atomic E-state index is 0.0446. The van der Waals surface area contributed by atoms with E-state index in [2.05, 4.69) is 35.5 Å². The maximum Gasteiger partial charge on any atom is 0.416 e. The molecule has 1 aromatic carbocycles. The maximum absolute atomic E-state index is 14.1. The van der Waals surface area contributed by atoms with Crippen molar-refractivity contribution in [2.24, 2.45) is 0 Å². The van der Waals surface area contributed by atoms with Crippen LogP contribution in [-0.4, -0.2) is 88.2 Å². The number of aryl methyl sites for hydroxylation is 1. The molecule has 2 atom stereocenters. The van der Waals surface area contributed by atoms with Crippen molar-refractivity contribution in [1.82, 2.24) is 35.8 Å². The largest absolute Gasteiger partial charge is 0.416 e. The van der Waals surface area contributed by atoms with Crippen molar-refractivity contribution in [3.63, 3.8) is 0 Å². The first kappa shape index (κ1) is 30.1. The average Bonchev–Trinajstić information content (AvgIpc) is 3.51. The van der Waals surface area contributed by atoms with E-state index in [1.54, 1.807) is 18.2 Å². The van der Waals surface area contributed by atoms with Crippen LogP contribution in [0.3, 0.4) is 0 Å². The van der Waals surface area contributed by atoms with Crippen LogP contribution in [-0.2, 0) is 9.47 Å². The van der Waals surface area contributed by atoms with Gasteiger partial charge in [-0.1, -0.05) is 11.2 Å². The molecule has 0 bridgehead atoms. The number of amides is 3. The predicted octanol–water partition coefficient (Wildman–Crippen LogP) is 3.43. The van der Waals surface area contributed by atoms with Crippen LogP contribution in [0.2, 0.25) is 0 Å². The number of halogens is 5. The first-order chi connectivity index (χ1) is 19.1. The molecule has 0 saturated carbocycles. The molecule has 3 heterocycles. The number of alkyl halides is 5. The molecule has 0 aliphatic carbocycles. The number of urea groups is 1. The number of H-pyrrole nitrogens is 1. The first-order valence-corrected chi connectivity index (χ1v) is 12.3. The number of rotatable bonds is 10. The summed E-state index contributed by atoms with van der Waals surface area (Å²) in [7, 11) is 1.36. The molecule has 1 fully saturated rings. The molecule has 3 aromatic rings. The summed E-state index contributed by atoms with van der Waals surface area (Å²) in [5, 5.41) is 11.7. The summed E-state index contributed by atoms with van der Waals surface area (Å²) < 4.78 is 83.4. The number of hydrogen-bond donors (Lipinski definition) is 3. The number of aromatic nitrogens is 4. The summed E-state index contributed by atoms with van der Waals surface area (Å²) in [4.78, 5) is 33.6. The van der Waals surface area contributed by atoms with Crippen LogP contribution < -0.4 is 10.6 Å². The minimum atomic E-state index is -4.70. The zero-order valence-corrected chi connectivity index (χ0v) is 22.4. The second kappa shape index (κ2) is 11.2. The molecule has 4 rings (SSSR count). The fourth-order valence-corrected chi connectivity index (χ4v) is 4.10. The molecule has 0 radical (unpaired) electrons. The molecule has 1 aliphatic heterocycles. The Kier molecular flexibility index (Phi) is 8.22. The molecule has 2 aromatic heterocycles. The van der Waals surface area contributed by atoms with Crippen molar-refractivity contribution in [2.45, 2.75) is 50.6 Å². The highest BCUT2D eigenvalue weighted by molar-refractivity contribution is 5.93. The third-order valence-corrected chi connectivity index (χ3v) is 6.57. The number of nitrogens with one attached hydrogen (secondary N) is 3. The number of hydrogen-bond acceptors (Lipinski definition) is 8. The summed E-state index contributed by atoms with van der Waals surface area (Å²) in [5.41, 5.74) is -1.43. The second-order valence-electron chi connectivity index (χ2n) is 10.1. The van der Waals surface area contributed by atoms with Gasteiger partial charge in [-0.15, -0.1) is 0 Å². The summed E-state index contributed by atoms with van der Waals surface area (Å²) in [6.07, 6.45) is -4.70. The molecule has 1 aliphatic rings. The molecule has 41 heavy (non-hydrogen) atoms. The van der Waals surface area contributed by atoms with E-state index in [-0.39, 0.29) is 23.8 Å². The number of ether oxygens (including phenoxy) is 2. The normalized spacial score (nSPS) is 17.4. The Hall–Kier alpha value is -3.86. The van der Waals surface area contributed by atoms with Gasteiger partial charge in [-0.25, -0.2) is 23.2 Å². The number of benzene rings is 1. The minimum Gasteiger partial charge on any atom is -0.382 e. The fourth-order valence-electron chi connectivity index (χ4n) is 4.10. The number of fused-ring (bicyclic) bond motifs is 1. The number of nitrogens with zero attached hydrogens (tertiary/aromatic N) is 4. The van der Waals surface area contributed by atoms with Crippen LogP contribution >= 0.6 is 0 Å². The van der Waals surface area contributed by atoms with E-state index in [0.29, 0.717) is 16.6 Å². The lowest BCUT2D eigenvalue weighted by Crippen LogP contribution is -2.58. The maximum atomic E-state index is 14.1. The molecular formula is C24H28F5N7O5. The van der Waals surface area contributed by atoms with E-state index in [1.807, 2.05) is 0 Å². The van der Waals surface area contributed by atoms with Crippen LogP contribution in [0.25, 0.3) is 11.0 Å². The van der Waals surface area contributed by atoms with E-state index in [9.17, 15) is 31.5 Å². The topological polar surface area (TPSA) is 147 Å². The molecule has 3 amide bonds. The Bertz CT molecular complexity index is 1410. The predicted molar refractivity (Wildman–Crippen MR) is 131 cm³/mol. The average molecular weight is 590 g/mol. The van der Waals surface area contributed by atoms with E-state index in [4.69, 9.17) is 9.47 Å². The van der Waals surface area contributed by atoms with Crippen molar-refractivity contribution in [3.05, 3.63) is 41.0 Å². The fraction of sp³-hybridized carbons (Fsp3) is 0.542. The summed E-state index contributed by atoms with van der Waals surface area (Å²) in [6.45, 7) is 0.814. The lowest BCUT2D eigenvalue weighted by atomic mass is 10.0. The van der Waals surface area contributed by atoms with Gasteiger partial charge in [-0.3, -0.25) is 4.79 Å². The molecule has 224 valence electrons. The van der Waals surface area contributed by atoms with Gasteiger partial charge >= 0.3 is 12.2 Å². The summed E-state index contributed by atoms with van der Waals surface area (Å²) in [6, 6.07) is 1.87. The lowest BCUT2D eigenvalue weighted by molar-refractivity contribution is -0.265. The van der Waals surface area contributed by atoms with Crippen molar-refractivity contribution in [3.8, 4) is 0 Å². The highest BCUT2D eigenvalue weighted by Gasteiger charge is 2.49. The molecule has 0 spiro atoms. The van der Waals surface area contributed by atoms with E-state index in [1.165, 1.54) is 14.0 Å². The number of carbonyl (C=O) groups is 2. The molecule has 3 N–H and O–H groups in total. The summed E-state index contributed by atoms with van der Waals surface area (Å²) in [5.74, 6) is -3.90. The van der Waals surface area contributed by atoms with Gasteiger partial charge < -0.3 is 30.0 Å². The highest BCUT2D eigenvalue weighted by Crippen LogP contribution is 2.34. The SMILES string of the molecule is COC[C@H](c1ccc2nc([C@H](COC(C)(C)C(F)(F)F)NC(=O)c3nonc3C)[nH]c2c1)N1CC(F)(F)CNC1=O. The Morgan fingerprint density at radius 1 is 1.24 bits per heavy atom. The zero-order chi connectivity index (χ0) is 30.2. The van der Waals surface area contributed by atoms with Crippen molar-refractivity contribution < 1.29 is 45.6 Å². The Morgan fingerprint density at radius 2 is 1.98 bits per heavy atom. The smallest absolute Gasteiger partial charge is 0.382 e. The second-order valence-corrected chi connectivity index (χ2v) is 10.1. The number of aromatic amines is 1. The quantitative estimate of drug-likeness (QED) is 0.305. The highest BCUT2D eigenvalue weighted by atomic mass is 19.4. The third kappa shape index (κ3) is 6.56. The zero-order valence-electron chi connectivity index (χ0n) is 22.4. The van der Waals surface area contributed by atoms with Gasteiger partial charge in [-0.05, 0) is 43.6 Å². The standard InChI is InChI=1S/C24H28F5N7O5/c1-12-18(35-41-34-12)20(37)33-16(8-40-22(2,3)24(27,28)29)19-31-14-6-5-13(7-15(14)32-19)17(9-39-4)36-11-23(25,26)10-30-21(36)38/h5-7,16-17H,8-11H2,1-4H3,(H,30,38)(H,31,32)(H,33,37)/t16-,17+/m0/s1. The molecule has 1 saturated heterocycles. The van der Waals surface area contributed by atoms with Crippen molar-refractivity contribution in [2.75, 3.05) is 33.4 Å². The third-order valence-electron chi connectivity index (χ3n) is 6.57. The van der Waals surface area contributed by atoms with Crippen molar-refractivity contribution >= 4 is 23.0 Å². The van der Waals surface area contributed by atoms with Gasteiger partial charge in [0.15, 0.2) is 11.3 Å².